The van der Waals surface area contributed by atoms with Gasteiger partial charge in [0.1, 0.15) is 10.9 Å². The molecule has 17 heavy (non-hydrogen) atoms. The standard InChI is InChI=1S/C12H7N3O2/c16-12-9-6-13-14-7-10(9)15-11(17-12)8-4-2-1-3-5-8/h1-7H. The molecule has 2 aromatic heterocycles. The number of aromatic nitrogens is 3. The van der Waals surface area contributed by atoms with E-state index in [1.807, 2.05) is 30.3 Å². The summed E-state index contributed by atoms with van der Waals surface area (Å²) in [5.74, 6) is 0.288. The first-order valence-electron chi connectivity index (χ1n) is 5.01. The maximum atomic E-state index is 11.7. The van der Waals surface area contributed by atoms with Crippen LogP contribution in [0.1, 0.15) is 0 Å². The fourth-order valence-corrected chi connectivity index (χ4v) is 1.54. The van der Waals surface area contributed by atoms with Gasteiger partial charge in [0.2, 0.25) is 5.89 Å². The Bertz CT molecular complexity index is 722. The molecule has 0 bridgehead atoms. The highest BCUT2D eigenvalue weighted by molar-refractivity contribution is 5.76. The smallest absolute Gasteiger partial charge is 0.348 e. The summed E-state index contributed by atoms with van der Waals surface area (Å²) in [4.78, 5) is 15.9. The SMILES string of the molecule is O=c1oc(-c2ccccc2)nc2cnncc12. The number of nitrogens with zero attached hydrogens (tertiary/aromatic N) is 3. The van der Waals surface area contributed by atoms with Crippen molar-refractivity contribution in [2.45, 2.75) is 0 Å². The van der Waals surface area contributed by atoms with E-state index in [9.17, 15) is 4.79 Å². The molecule has 0 aliphatic heterocycles. The van der Waals surface area contributed by atoms with Crippen molar-refractivity contribution >= 4 is 10.9 Å². The van der Waals surface area contributed by atoms with E-state index in [0.29, 0.717) is 10.9 Å². The van der Waals surface area contributed by atoms with Gasteiger partial charge in [-0.2, -0.15) is 10.2 Å². The molecule has 2 heterocycles. The molecule has 5 nitrogen and oxygen atoms in total. The fraction of sp³-hybridized carbons (Fsp3) is 0. The van der Waals surface area contributed by atoms with Crippen LogP contribution in [-0.2, 0) is 0 Å². The molecule has 0 N–H and O–H groups in total. The van der Waals surface area contributed by atoms with Gasteiger partial charge in [-0.3, -0.25) is 0 Å². The first-order chi connectivity index (χ1) is 8.34. The van der Waals surface area contributed by atoms with Crippen LogP contribution < -0.4 is 5.63 Å². The molecule has 1 aromatic carbocycles. The molecule has 0 amide bonds. The quantitative estimate of drug-likeness (QED) is 0.629. The van der Waals surface area contributed by atoms with Crippen LogP contribution in [0.3, 0.4) is 0 Å². The Morgan fingerprint density at radius 2 is 1.76 bits per heavy atom. The lowest BCUT2D eigenvalue weighted by molar-refractivity contribution is 0.518. The summed E-state index contributed by atoms with van der Waals surface area (Å²) in [5, 5.41) is 7.65. The van der Waals surface area contributed by atoms with Gasteiger partial charge in [0.05, 0.1) is 12.4 Å². The molecule has 5 heteroatoms. The van der Waals surface area contributed by atoms with Gasteiger partial charge in [-0.05, 0) is 12.1 Å². The van der Waals surface area contributed by atoms with Gasteiger partial charge in [-0.1, -0.05) is 18.2 Å². The number of fused-ring (bicyclic) bond motifs is 1. The van der Waals surface area contributed by atoms with Gasteiger partial charge in [0, 0.05) is 5.56 Å². The minimum Gasteiger partial charge on any atom is -0.403 e. The molecule has 3 aromatic rings. The van der Waals surface area contributed by atoms with Gasteiger partial charge < -0.3 is 4.42 Å². The molecular formula is C12H7N3O2. The van der Waals surface area contributed by atoms with Crippen LogP contribution in [0.2, 0.25) is 0 Å². The largest absolute Gasteiger partial charge is 0.403 e. The zero-order valence-corrected chi connectivity index (χ0v) is 8.70. The molecule has 0 aliphatic carbocycles. The maximum Gasteiger partial charge on any atom is 0.348 e. The lowest BCUT2D eigenvalue weighted by Crippen LogP contribution is -2.03. The molecule has 0 unspecified atom stereocenters. The zero-order chi connectivity index (χ0) is 11.7. The van der Waals surface area contributed by atoms with E-state index in [0.717, 1.165) is 5.56 Å². The third kappa shape index (κ3) is 1.67. The normalized spacial score (nSPS) is 10.6. The minimum atomic E-state index is -0.455. The Balaban J connectivity index is 2.30. The average molecular weight is 225 g/mol. The van der Waals surface area contributed by atoms with Crippen LogP contribution in [-0.4, -0.2) is 15.2 Å². The molecule has 0 aliphatic rings. The van der Waals surface area contributed by atoms with Gasteiger partial charge in [0.15, 0.2) is 0 Å². The third-order valence-electron chi connectivity index (χ3n) is 2.36. The van der Waals surface area contributed by atoms with E-state index in [1.54, 1.807) is 0 Å². The van der Waals surface area contributed by atoms with Crippen molar-refractivity contribution in [2.75, 3.05) is 0 Å². The highest BCUT2D eigenvalue weighted by atomic mass is 16.4. The lowest BCUT2D eigenvalue weighted by Gasteiger charge is -1.99. The van der Waals surface area contributed by atoms with Gasteiger partial charge in [0.25, 0.3) is 0 Å². The van der Waals surface area contributed by atoms with Crippen LogP contribution in [0.5, 0.6) is 0 Å². The Morgan fingerprint density at radius 3 is 2.59 bits per heavy atom. The summed E-state index contributed by atoms with van der Waals surface area (Å²) in [5.41, 5.74) is 0.780. The van der Waals surface area contributed by atoms with Crippen molar-refractivity contribution in [2.24, 2.45) is 0 Å². The van der Waals surface area contributed by atoms with Crippen molar-refractivity contribution < 1.29 is 4.42 Å². The maximum absolute atomic E-state index is 11.7. The highest BCUT2D eigenvalue weighted by Crippen LogP contribution is 2.16. The van der Waals surface area contributed by atoms with Gasteiger partial charge in [-0.15, -0.1) is 0 Å². The molecule has 3 rings (SSSR count). The van der Waals surface area contributed by atoms with Crippen molar-refractivity contribution in [3.63, 3.8) is 0 Å². The summed E-state index contributed by atoms with van der Waals surface area (Å²) >= 11 is 0. The summed E-state index contributed by atoms with van der Waals surface area (Å²) in [6.07, 6.45) is 2.79. The number of rotatable bonds is 1. The monoisotopic (exact) mass is 225 g/mol. The summed E-state index contributed by atoms with van der Waals surface area (Å²) < 4.78 is 5.14. The Morgan fingerprint density at radius 1 is 1.00 bits per heavy atom. The van der Waals surface area contributed by atoms with Gasteiger partial charge >= 0.3 is 5.63 Å². The Kier molecular flexibility index (Phi) is 2.15. The van der Waals surface area contributed by atoms with E-state index in [4.69, 9.17) is 4.42 Å². The van der Waals surface area contributed by atoms with Crippen molar-refractivity contribution in [1.82, 2.24) is 15.2 Å². The molecule has 0 atom stereocenters. The van der Waals surface area contributed by atoms with Crippen LogP contribution in [0.25, 0.3) is 22.4 Å². The molecule has 0 saturated carbocycles. The summed E-state index contributed by atoms with van der Waals surface area (Å²) in [6, 6.07) is 9.24. The summed E-state index contributed by atoms with van der Waals surface area (Å²) in [6.45, 7) is 0. The van der Waals surface area contributed by atoms with Gasteiger partial charge in [-0.25, -0.2) is 9.78 Å². The van der Waals surface area contributed by atoms with Crippen molar-refractivity contribution in [3.05, 3.63) is 53.1 Å². The molecule has 0 fully saturated rings. The van der Waals surface area contributed by atoms with E-state index in [-0.39, 0.29) is 5.89 Å². The van der Waals surface area contributed by atoms with E-state index < -0.39 is 5.63 Å². The van der Waals surface area contributed by atoms with E-state index in [1.165, 1.54) is 12.4 Å². The molecule has 82 valence electrons. The van der Waals surface area contributed by atoms with Crippen LogP contribution in [0.15, 0.2) is 51.9 Å². The first kappa shape index (κ1) is 9.65. The molecule has 0 radical (unpaired) electrons. The fourth-order valence-electron chi connectivity index (χ4n) is 1.54. The number of benzene rings is 1. The molecular weight excluding hydrogens is 218 g/mol. The number of hydrogen-bond donors (Lipinski definition) is 0. The second-order valence-corrected chi connectivity index (χ2v) is 3.46. The van der Waals surface area contributed by atoms with Crippen LogP contribution in [0, 0.1) is 0 Å². The van der Waals surface area contributed by atoms with Crippen molar-refractivity contribution in [3.8, 4) is 11.5 Å². The summed E-state index contributed by atoms with van der Waals surface area (Å²) in [7, 11) is 0. The second kappa shape index (κ2) is 3.79. The predicted molar refractivity (Wildman–Crippen MR) is 61.3 cm³/mol. The third-order valence-corrected chi connectivity index (χ3v) is 2.36. The minimum absolute atomic E-state index is 0.288. The highest BCUT2D eigenvalue weighted by Gasteiger charge is 2.07. The Labute approximate surface area is 95.8 Å². The van der Waals surface area contributed by atoms with Crippen molar-refractivity contribution in [1.29, 1.82) is 0 Å². The topological polar surface area (TPSA) is 68.9 Å². The van der Waals surface area contributed by atoms with Crippen LogP contribution >= 0.6 is 0 Å². The zero-order valence-electron chi connectivity index (χ0n) is 8.70. The van der Waals surface area contributed by atoms with E-state index >= 15 is 0 Å². The second-order valence-electron chi connectivity index (χ2n) is 3.46. The molecule has 0 spiro atoms. The lowest BCUT2D eigenvalue weighted by atomic mass is 10.2. The Hall–Kier alpha value is -2.56. The number of hydrogen-bond acceptors (Lipinski definition) is 5. The average Bonchev–Trinajstić information content (AvgIpc) is 2.40. The van der Waals surface area contributed by atoms with E-state index in [2.05, 4.69) is 15.2 Å². The van der Waals surface area contributed by atoms with Crippen LogP contribution in [0.4, 0.5) is 0 Å². The predicted octanol–water partition coefficient (Wildman–Crippen LogP) is 1.64. The first-order valence-corrected chi connectivity index (χ1v) is 5.01. The molecule has 0 saturated heterocycles.